The fourth-order valence-electron chi connectivity index (χ4n) is 3.03. The predicted octanol–water partition coefficient (Wildman–Crippen LogP) is 2.18. The van der Waals surface area contributed by atoms with Gasteiger partial charge in [-0.15, -0.1) is 0 Å². The molecule has 2 amide bonds. The van der Waals surface area contributed by atoms with Crippen LogP contribution < -0.4 is 0 Å². The highest BCUT2D eigenvalue weighted by Gasteiger charge is 2.36. The zero-order chi connectivity index (χ0) is 15.7. The van der Waals surface area contributed by atoms with Gasteiger partial charge >= 0.3 is 5.97 Å². The van der Waals surface area contributed by atoms with Gasteiger partial charge < -0.3 is 4.74 Å². The molecule has 0 spiro atoms. The normalized spacial score (nSPS) is 20.7. The summed E-state index contributed by atoms with van der Waals surface area (Å²) < 4.78 is 4.71. The first-order valence-corrected chi connectivity index (χ1v) is 7.34. The molecule has 0 saturated heterocycles. The van der Waals surface area contributed by atoms with Crippen LogP contribution >= 0.6 is 0 Å². The Bertz CT molecular complexity index is 642. The molecule has 1 aliphatic heterocycles. The molecule has 1 heterocycles. The third-order valence-corrected chi connectivity index (χ3v) is 4.29. The smallest absolute Gasteiger partial charge is 0.333 e. The number of methoxy groups -OCH3 is 1. The molecule has 5 heteroatoms. The number of hydrogen-bond donors (Lipinski definition) is 0. The second kappa shape index (κ2) is 5.75. The van der Waals surface area contributed by atoms with Gasteiger partial charge in [0, 0.05) is 12.1 Å². The number of esters is 1. The first kappa shape index (κ1) is 14.5. The Balaban J connectivity index is 1.69. The fourth-order valence-corrected chi connectivity index (χ4v) is 3.03. The van der Waals surface area contributed by atoms with Gasteiger partial charge in [-0.1, -0.05) is 18.2 Å². The molecule has 1 unspecified atom stereocenters. The van der Waals surface area contributed by atoms with Crippen LogP contribution in [0.1, 0.15) is 40.0 Å². The number of ether oxygens (including phenoxy) is 1. The third kappa shape index (κ3) is 2.43. The summed E-state index contributed by atoms with van der Waals surface area (Å²) >= 11 is 0. The number of hydrogen-bond acceptors (Lipinski definition) is 4. The van der Waals surface area contributed by atoms with E-state index in [0.717, 1.165) is 6.42 Å². The van der Waals surface area contributed by atoms with Crippen molar-refractivity contribution >= 4 is 17.8 Å². The lowest BCUT2D eigenvalue weighted by atomic mass is 9.89. The quantitative estimate of drug-likeness (QED) is 0.634. The maximum atomic E-state index is 12.3. The summed E-state index contributed by atoms with van der Waals surface area (Å²) in [5.74, 6) is -0.540. The molecule has 0 aromatic heterocycles. The molecule has 0 fully saturated rings. The Hall–Kier alpha value is -2.43. The molecule has 22 heavy (non-hydrogen) atoms. The summed E-state index contributed by atoms with van der Waals surface area (Å²) in [5, 5.41) is 0. The number of allylic oxidation sites excluding steroid dienone is 1. The molecule has 0 bridgehead atoms. The van der Waals surface area contributed by atoms with Gasteiger partial charge in [-0.3, -0.25) is 14.5 Å². The molecule has 2 aliphatic rings. The first-order valence-electron chi connectivity index (χ1n) is 7.34. The average molecular weight is 299 g/mol. The van der Waals surface area contributed by atoms with Gasteiger partial charge in [0.1, 0.15) is 0 Å². The van der Waals surface area contributed by atoms with Gasteiger partial charge in [0.2, 0.25) is 0 Å². The molecule has 1 aliphatic carbocycles. The van der Waals surface area contributed by atoms with Crippen molar-refractivity contribution in [3.8, 4) is 0 Å². The lowest BCUT2D eigenvalue weighted by Gasteiger charge is -2.25. The number of carbonyl (C=O) groups excluding carboxylic acids is 3. The highest BCUT2D eigenvalue weighted by atomic mass is 16.5. The zero-order valence-corrected chi connectivity index (χ0v) is 12.4. The molecule has 0 N–H and O–H groups in total. The maximum Gasteiger partial charge on any atom is 0.333 e. The van der Waals surface area contributed by atoms with Crippen LogP contribution in [0.3, 0.4) is 0 Å². The van der Waals surface area contributed by atoms with E-state index in [0.29, 0.717) is 36.1 Å². The number of rotatable bonds is 3. The molecule has 3 rings (SSSR count). The van der Waals surface area contributed by atoms with E-state index in [2.05, 4.69) is 0 Å². The number of nitrogens with zero attached hydrogens (tertiary/aromatic N) is 1. The molecule has 114 valence electrons. The van der Waals surface area contributed by atoms with E-state index in [9.17, 15) is 14.4 Å². The van der Waals surface area contributed by atoms with Crippen molar-refractivity contribution in [1.82, 2.24) is 4.90 Å². The molecular weight excluding hydrogens is 282 g/mol. The molecule has 1 atom stereocenters. The monoisotopic (exact) mass is 299 g/mol. The van der Waals surface area contributed by atoms with Gasteiger partial charge in [0.05, 0.1) is 18.2 Å². The van der Waals surface area contributed by atoms with Crippen molar-refractivity contribution in [3.63, 3.8) is 0 Å². The summed E-state index contributed by atoms with van der Waals surface area (Å²) in [7, 11) is 1.37. The zero-order valence-electron chi connectivity index (χ0n) is 12.4. The molecule has 1 aromatic rings. The van der Waals surface area contributed by atoms with Gasteiger partial charge in [-0.2, -0.15) is 0 Å². The largest absolute Gasteiger partial charge is 0.466 e. The minimum Gasteiger partial charge on any atom is -0.466 e. The van der Waals surface area contributed by atoms with Crippen molar-refractivity contribution < 1.29 is 19.1 Å². The summed E-state index contributed by atoms with van der Waals surface area (Å²) in [6.07, 6.45) is 3.94. The maximum absolute atomic E-state index is 12.3. The number of imide groups is 1. The Morgan fingerprint density at radius 2 is 1.86 bits per heavy atom. The second-order valence-corrected chi connectivity index (χ2v) is 5.63. The van der Waals surface area contributed by atoms with Crippen LogP contribution in [0.2, 0.25) is 0 Å². The molecule has 0 saturated carbocycles. The van der Waals surface area contributed by atoms with Gasteiger partial charge in [0.25, 0.3) is 11.8 Å². The summed E-state index contributed by atoms with van der Waals surface area (Å²) in [5.41, 5.74) is 1.64. The van der Waals surface area contributed by atoms with Crippen LogP contribution in [-0.4, -0.2) is 36.3 Å². The van der Waals surface area contributed by atoms with Crippen LogP contribution in [-0.2, 0) is 9.53 Å². The van der Waals surface area contributed by atoms with E-state index in [-0.39, 0.29) is 23.7 Å². The fraction of sp³-hybridized carbons (Fsp3) is 0.353. The van der Waals surface area contributed by atoms with Crippen LogP contribution in [0.15, 0.2) is 35.9 Å². The Labute approximate surface area is 128 Å². The third-order valence-electron chi connectivity index (χ3n) is 4.29. The SMILES string of the molecule is COC(=O)C1=CCC(CN2C(=O)c3ccccc3C2=O)CC1. The van der Waals surface area contributed by atoms with E-state index in [1.165, 1.54) is 12.0 Å². The number of benzene rings is 1. The number of fused-ring (bicyclic) bond motifs is 1. The Morgan fingerprint density at radius 1 is 1.23 bits per heavy atom. The van der Waals surface area contributed by atoms with Crippen LogP contribution in [0.5, 0.6) is 0 Å². The highest BCUT2D eigenvalue weighted by molar-refractivity contribution is 6.21. The lowest BCUT2D eigenvalue weighted by Crippen LogP contribution is -2.35. The highest BCUT2D eigenvalue weighted by Crippen LogP contribution is 2.29. The van der Waals surface area contributed by atoms with E-state index >= 15 is 0 Å². The lowest BCUT2D eigenvalue weighted by molar-refractivity contribution is -0.136. The Kier molecular flexibility index (Phi) is 3.79. The molecule has 5 nitrogen and oxygen atoms in total. The summed E-state index contributed by atoms with van der Waals surface area (Å²) in [4.78, 5) is 37.4. The standard InChI is InChI=1S/C17H17NO4/c1-22-17(21)12-8-6-11(7-9-12)10-18-15(19)13-4-2-3-5-14(13)16(18)20/h2-5,8,11H,6-7,9-10H2,1H3. The molecule has 1 aromatic carbocycles. The predicted molar refractivity (Wildman–Crippen MR) is 79.2 cm³/mol. The van der Waals surface area contributed by atoms with Crippen molar-refractivity contribution in [2.45, 2.75) is 19.3 Å². The summed E-state index contributed by atoms with van der Waals surface area (Å²) in [6.45, 7) is 0.400. The van der Waals surface area contributed by atoms with Crippen LogP contribution in [0, 0.1) is 5.92 Å². The van der Waals surface area contributed by atoms with E-state index < -0.39 is 0 Å². The van der Waals surface area contributed by atoms with E-state index in [1.54, 1.807) is 24.3 Å². The second-order valence-electron chi connectivity index (χ2n) is 5.63. The first-order chi connectivity index (χ1) is 10.6. The van der Waals surface area contributed by atoms with E-state index in [1.807, 2.05) is 6.08 Å². The topological polar surface area (TPSA) is 63.7 Å². The Morgan fingerprint density at radius 3 is 2.36 bits per heavy atom. The van der Waals surface area contributed by atoms with Crippen LogP contribution in [0.4, 0.5) is 0 Å². The van der Waals surface area contributed by atoms with Gasteiger partial charge in [0.15, 0.2) is 0 Å². The van der Waals surface area contributed by atoms with Crippen molar-refractivity contribution in [2.24, 2.45) is 5.92 Å². The van der Waals surface area contributed by atoms with Gasteiger partial charge in [-0.25, -0.2) is 4.79 Å². The minimum absolute atomic E-state index is 0.190. The molecule has 0 radical (unpaired) electrons. The molecular formula is C17H17NO4. The van der Waals surface area contributed by atoms with Crippen LogP contribution in [0.25, 0.3) is 0 Å². The minimum atomic E-state index is -0.292. The summed E-state index contributed by atoms with van der Waals surface area (Å²) in [6, 6.07) is 6.90. The van der Waals surface area contributed by atoms with Gasteiger partial charge in [-0.05, 0) is 37.3 Å². The van der Waals surface area contributed by atoms with Crippen molar-refractivity contribution in [3.05, 3.63) is 47.0 Å². The van der Waals surface area contributed by atoms with E-state index in [4.69, 9.17) is 4.74 Å². The number of amides is 2. The number of carbonyl (C=O) groups is 3. The van der Waals surface area contributed by atoms with Crippen molar-refractivity contribution in [1.29, 1.82) is 0 Å². The average Bonchev–Trinajstić information content (AvgIpc) is 2.80. The van der Waals surface area contributed by atoms with Crippen molar-refractivity contribution in [2.75, 3.05) is 13.7 Å².